The minimum absolute atomic E-state index is 0.138. The topological polar surface area (TPSA) is 146 Å². The van der Waals surface area contributed by atoms with Gasteiger partial charge in [-0.25, -0.2) is 14.6 Å². The van der Waals surface area contributed by atoms with Crippen LogP contribution in [0, 0.1) is 0 Å². The molecule has 2 aromatic rings. The highest BCUT2D eigenvalue weighted by atomic mass is 32.1. The molecule has 0 aliphatic carbocycles. The number of ether oxygens (including phenoxy) is 1. The highest BCUT2D eigenvalue weighted by Gasteiger charge is 2.25. The fraction of sp³-hybridized carbons (Fsp3) is 0.577. The summed E-state index contributed by atoms with van der Waals surface area (Å²) < 4.78 is 5.25. The van der Waals surface area contributed by atoms with Crippen LogP contribution in [0.15, 0.2) is 29.2 Å². The number of thiazole rings is 2. The first-order chi connectivity index (χ1) is 18.5. The highest BCUT2D eigenvalue weighted by molar-refractivity contribution is 7.09. The van der Waals surface area contributed by atoms with E-state index in [1.165, 1.54) is 16.2 Å². The van der Waals surface area contributed by atoms with Crippen LogP contribution < -0.4 is 16.0 Å². The quantitative estimate of drug-likeness (QED) is 0.235. The van der Waals surface area contributed by atoms with E-state index in [9.17, 15) is 19.5 Å². The molecular weight excluding hydrogens is 540 g/mol. The highest BCUT2D eigenvalue weighted by Crippen LogP contribution is 2.20. The summed E-state index contributed by atoms with van der Waals surface area (Å²) >= 11 is 2.95. The molecule has 4 N–H and O–H groups in total. The van der Waals surface area contributed by atoms with Crippen LogP contribution in [-0.4, -0.2) is 69.8 Å². The van der Waals surface area contributed by atoms with Crippen LogP contribution in [0.25, 0.3) is 0 Å². The Balaban J connectivity index is 1.84. The summed E-state index contributed by atoms with van der Waals surface area (Å²) in [6.45, 7) is 11.7. The van der Waals surface area contributed by atoms with E-state index in [4.69, 9.17) is 4.74 Å². The number of aromatic nitrogens is 2. The Morgan fingerprint density at radius 2 is 1.90 bits per heavy atom. The van der Waals surface area contributed by atoms with Gasteiger partial charge in [-0.3, -0.25) is 9.78 Å². The van der Waals surface area contributed by atoms with Crippen molar-refractivity contribution in [1.82, 2.24) is 30.8 Å². The normalized spacial score (nSPS) is 13.3. The van der Waals surface area contributed by atoms with Gasteiger partial charge in [0.15, 0.2) is 0 Å². The van der Waals surface area contributed by atoms with Gasteiger partial charge in [-0.05, 0) is 26.2 Å². The van der Waals surface area contributed by atoms with Crippen molar-refractivity contribution < 1.29 is 24.2 Å². The minimum atomic E-state index is -1.10. The van der Waals surface area contributed by atoms with Crippen LogP contribution in [-0.2, 0) is 22.7 Å². The average molecular weight is 581 g/mol. The van der Waals surface area contributed by atoms with Gasteiger partial charge in [0.05, 0.1) is 40.3 Å². The largest absolute Gasteiger partial charge is 0.444 e. The van der Waals surface area contributed by atoms with Crippen molar-refractivity contribution in [3.05, 3.63) is 44.8 Å². The van der Waals surface area contributed by atoms with Crippen LogP contribution in [0.4, 0.5) is 9.59 Å². The van der Waals surface area contributed by atoms with E-state index in [-0.39, 0.29) is 25.2 Å². The molecule has 0 spiro atoms. The third-order valence-corrected chi connectivity index (χ3v) is 7.91. The molecule has 0 aliphatic rings. The van der Waals surface area contributed by atoms with Crippen LogP contribution in [0.2, 0.25) is 0 Å². The first kappa shape index (κ1) is 32.2. The number of urea groups is 1. The maximum atomic E-state index is 12.9. The van der Waals surface area contributed by atoms with Gasteiger partial charge >= 0.3 is 12.1 Å². The van der Waals surface area contributed by atoms with Gasteiger partial charge in [0.1, 0.15) is 12.6 Å². The van der Waals surface area contributed by atoms with Gasteiger partial charge in [-0.2, -0.15) is 0 Å². The standard InChI is InChI=1S/C26H40N6O5S2/c1-7-18(8-9-21(16(2)3)31-26(36)37-13-20-10-27-15-39-20)28-23(34)22(12-33)30-25(35)32(6)11-19-14-38-24(29-19)17(4)5/h10,14-15,17-18,21-22,33H,2,7-9,11-13H2,1,3-6H3,(H,28,34)(H,30,35)(H,31,36)/t18-,21+,22-/m0/s1. The van der Waals surface area contributed by atoms with Crippen molar-refractivity contribution in [2.24, 2.45) is 0 Å². The zero-order valence-electron chi connectivity index (χ0n) is 23.2. The number of rotatable bonds is 15. The number of carbonyl (C=O) groups is 3. The fourth-order valence-electron chi connectivity index (χ4n) is 3.55. The van der Waals surface area contributed by atoms with Crippen molar-refractivity contribution >= 4 is 40.7 Å². The molecule has 13 heteroatoms. The zero-order chi connectivity index (χ0) is 28.9. The lowest BCUT2D eigenvalue weighted by molar-refractivity contribution is -0.124. The SMILES string of the molecule is C=C(C)[C@@H](CC[C@H](CC)NC(=O)[C@H](CO)NC(=O)N(C)Cc1csc(C(C)C)n1)NC(=O)OCc1cncs1. The number of nitrogens with zero attached hydrogens (tertiary/aromatic N) is 3. The summed E-state index contributed by atoms with van der Waals surface area (Å²) in [5, 5.41) is 21.0. The first-order valence-corrected chi connectivity index (χ1v) is 14.6. The maximum Gasteiger partial charge on any atom is 0.407 e. The molecule has 2 heterocycles. The summed E-state index contributed by atoms with van der Waals surface area (Å²) in [6, 6.07) is -2.16. The van der Waals surface area contributed by atoms with Gasteiger partial charge in [-0.15, -0.1) is 22.7 Å². The number of aliphatic hydroxyl groups excluding tert-OH is 1. The molecule has 0 aromatic carbocycles. The van der Waals surface area contributed by atoms with Crippen LogP contribution in [0.3, 0.4) is 0 Å². The lowest BCUT2D eigenvalue weighted by atomic mass is 10.00. The molecular formula is C26H40N6O5S2. The van der Waals surface area contributed by atoms with Crippen LogP contribution >= 0.6 is 22.7 Å². The fourth-order valence-corrected chi connectivity index (χ4v) is 4.88. The molecule has 0 radical (unpaired) electrons. The second kappa shape index (κ2) is 16.2. The third-order valence-electron chi connectivity index (χ3n) is 5.96. The predicted octanol–water partition coefficient (Wildman–Crippen LogP) is 3.77. The molecule has 3 atom stereocenters. The van der Waals surface area contributed by atoms with Crippen molar-refractivity contribution in [2.75, 3.05) is 13.7 Å². The van der Waals surface area contributed by atoms with Crippen LogP contribution in [0.1, 0.15) is 68.5 Å². The number of aliphatic hydroxyl groups is 1. The monoisotopic (exact) mass is 580 g/mol. The van der Waals surface area contributed by atoms with Crippen molar-refractivity contribution in [1.29, 1.82) is 0 Å². The predicted molar refractivity (Wildman–Crippen MR) is 153 cm³/mol. The van der Waals surface area contributed by atoms with E-state index in [0.29, 0.717) is 25.2 Å². The van der Waals surface area contributed by atoms with E-state index >= 15 is 0 Å². The Kier molecular flexibility index (Phi) is 13.3. The van der Waals surface area contributed by atoms with Crippen molar-refractivity contribution in [3.63, 3.8) is 0 Å². The Labute approximate surface area is 238 Å². The number of carbonyl (C=O) groups excluding carboxylic acids is 3. The van der Waals surface area contributed by atoms with Crippen LogP contribution in [0.5, 0.6) is 0 Å². The number of amides is 4. The van der Waals surface area contributed by atoms with Gasteiger partial charge in [0, 0.05) is 30.6 Å². The number of hydrogen-bond donors (Lipinski definition) is 4. The Hall–Kier alpha value is -3.03. The molecule has 39 heavy (non-hydrogen) atoms. The summed E-state index contributed by atoms with van der Waals surface area (Å²) in [6.07, 6.45) is 2.78. The average Bonchev–Trinajstić information content (AvgIpc) is 3.59. The Morgan fingerprint density at radius 1 is 1.15 bits per heavy atom. The van der Waals surface area contributed by atoms with E-state index < -0.39 is 30.7 Å². The van der Waals surface area contributed by atoms with E-state index in [1.54, 1.807) is 30.1 Å². The summed E-state index contributed by atoms with van der Waals surface area (Å²) in [7, 11) is 1.61. The molecule has 0 saturated heterocycles. The molecule has 2 rings (SSSR count). The van der Waals surface area contributed by atoms with E-state index in [2.05, 4.69) is 46.3 Å². The first-order valence-electron chi connectivity index (χ1n) is 12.9. The summed E-state index contributed by atoms with van der Waals surface area (Å²) in [5.41, 5.74) is 3.20. The Bertz CT molecular complexity index is 1070. The molecule has 11 nitrogen and oxygen atoms in total. The van der Waals surface area contributed by atoms with Crippen molar-refractivity contribution in [2.45, 2.75) is 84.2 Å². The lowest BCUT2D eigenvalue weighted by Crippen LogP contribution is -2.53. The molecule has 0 saturated carbocycles. The molecule has 216 valence electrons. The maximum absolute atomic E-state index is 12.9. The number of alkyl carbamates (subject to hydrolysis) is 1. The summed E-state index contributed by atoms with van der Waals surface area (Å²) in [4.78, 5) is 48.5. The summed E-state index contributed by atoms with van der Waals surface area (Å²) in [5.74, 6) is -0.174. The molecule has 4 amide bonds. The van der Waals surface area contributed by atoms with Gasteiger partial charge in [-0.1, -0.05) is 32.9 Å². The molecule has 0 fully saturated rings. The molecule has 0 unspecified atom stereocenters. The smallest absolute Gasteiger partial charge is 0.407 e. The number of hydrogen-bond acceptors (Lipinski definition) is 9. The molecule has 0 bridgehead atoms. The molecule has 2 aromatic heterocycles. The van der Waals surface area contributed by atoms with E-state index in [1.807, 2.05) is 19.2 Å². The minimum Gasteiger partial charge on any atom is -0.444 e. The number of nitrogens with one attached hydrogen (secondary N) is 3. The zero-order valence-corrected chi connectivity index (χ0v) is 24.9. The third kappa shape index (κ3) is 10.9. The van der Waals surface area contributed by atoms with Gasteiger partial charge < -0.3 is 30.7 Å². The van der Waals surface area contributed by atoms with Crippen molar-refractivity contribution in [3.8, 4) is 0 Å². The second-order valence-electron chi connectivity index (χ2n) is 9.65. The van der Waals surface area contributed by atoms with E-state index in [0.717, 1.165) is 21.2 Å². The lowest BCUT2D eigenvalue weighted by Gasteiger charge is -2.25. The molecule has 0 aliphatic heterocycles. The Morgan fingerprint density at radius 3 is 2.46 bits per heavy atom. The van der Waals surface area contributed by atoms with Gasteiger partial charge in [0.2, 0.25) is 5.91 Å². The second-order valence-corrected chi connectivity index (χ2v) is 11.5. The van der Waals surface area contributed by atoms with Gasteiger partial charge in [0.25, 0.3) is 0 Å².